The number of carbonyl (C=O) groups excluding carboxylic acids is 1. The Morgan fingerprint density at radius 1 is 1.09 bits per heavy atom. The van der Waals surface area contributed by atoms with Gasteiger partial charge in [-0.15, -0.1) is 0 Å². The highest BCUT2D eigenvalue weighted by Gasteiger charge is 2.47. The average Bonchev–Trinajstić information content (AvgIpc) is 3.18. The molecule has 3 aliphatic heterocycles. The third-order valence-electron chi connectivity index (χ3n) is 8.03. The number of hydrogen-bond donors (Lipinski definition) is 5. The summed E-state index contributed by atoms with van der Waals surface area (Å²) in [5, 5.41) is 29.0. The molecule has 0 aromatic heterocycles. The van der Waals surface area contributed by atoms with Crippen molar-refractivity contribution in [2.45, 2.75) is 87.6 Å². The van der Waals surface area contributed by atoms with E-state index in [0.717, 1.165) is 51.9 Å². The van der Waals surface area contributed by atoms with Crippen LogP contribution in [0.3, 0.4) is 0 Å². The van der Waals surface area contributed by atoms with E-state index in [9.17, 15) is 15.0 Å². The normalized spacial score (nSPS) is 38.8. The van der Waals surface area contributed by atoms with Gasteiger partial charge in [-0.1, -0.05) is 0 Å². The number of piperidine rings is 1. The van der Waals surface area contributed by atoms with Gasteiger partial charge in [-0.05, 0) is 38.5 Å². The third-order valence-corrected chi connectivity index (χ3v) is 8.03. The van der Waals surface area contributed by atoms with Crippen molar-refractivity contribution in [2.75, 3.05) is 53.0 Å². The molecule has 0 spiro atoms. The number of methoxy groups -OCH3 is 1. The molecule has 0 aromatic carbocycles. The minimum atomic E-state index is -0.765. The molecule has 4 aliphatic rings. The maximum absolute atomic E-state index is 12.5. The zero-order valence-corrected chi connectivity index (χ0v) is 20.0. The largest absolute Gasteiger partial charge is 0.394 e. The molecule has 3 saturated heterocycles. The van der Waals surface area contributed by atoms with Gasteiger partial charge in [0, 0.05) is 52.3 Å². The first kappa shape index (κ1) is 25.1. The lowest BCUT2D eigenvalue weighted by molar-refractivity contribution is -0.717. The highest BCUT2D eigenvalue weighted by Crippen LogP contribution is 2.27. The van der Waals surface area contributed by atoms with Crippen LogP contribution in [-0.4, -0.2) is 122 Å². The summed E-state index contributed by atoms with van der Waals surface area (Å²) in [6.45, 7) is 4.95. The molecule has 1 aliphatic carbocycles. The van der Waals surface area contributed by atoms with Gasteiger partial charge in [0.2, 0.25) is 0 Å². The SMILES string of the molecule is COC1CCCC(NC(=O)NCC2OC(CO)C(O)C2N2CCN(C3CCCC[NH2+]3)CC2)C1. The highest BCUT2D eigenvalue weighted by molar-refractivity contribution is 5.74. The smallest absolute Gasteiger partial charge is 0.315 e. The minimum Gasteiger partial charge on any atom is -0.394 e. The molecule has 0 radical (unpaired) electrons. The Kier molecular flexibility index (Phi) is 9.20. The summed E-state index contributed by atoms with van der Waals surface area (Å²) in [7, 11) is 1.72. The molecular formula is C23H44N5O5+. The second-order valence-corrected chi connectivity index (χ2v) is 10.1. The molecule has 1 saturated carbocycles. The Balaban J connectivity index is 1.27. The van der Waals surface area contributed by atoms with Crippen molar-refractivity contribution in [1.82, 2.24) is 20.4 Å². The standard InChI is InChI=1S/C23H43N5O5/c1-32-17-6-4-5-16(13-17)26-23(31)25-14-18-21(22(30)19(15-29)33-18)28-11-9-27(10-12-28)20-7-2-3-8-24-20/h16-22,24,29-30H,2-15H2,1H3,(H2,25,26,31)/p+1. The number of nitrogens with one attached hydrogen (secondary N) is 2. The molecule has 33 heavy (non-hydrogen) atoms. The lowest BCUT2D eigenvalue weighted by atomic mass is 9.93. The Morgan fingerprint density at radius 3 is 2.58 bits per heavy atom. The number of hydrogen-bond acceptors (Lipinski definition) is 7. The number of piperazine rings is 1. The van der Waals surface area contributed by atoms with Crippen LogP contribution in [0.4, 0.5) is 4.79 Å². The summed E-state index contributed by atoms with van der Waals surface area (Å²) < 4.78 is 11.4. The Morgan fingerprint density at radius 2 is 1.88 bits per heavy atom. The van der Waals surface area contributed by atoms with Crippen molar-refractivity contribution >= 4 is 6.03 Å². The maximum atomic E-state index is 12.5. The number of rotatable bonds is 7. The van der Waals surface area contributed by atoms with Crippen LogP contribution in [0.2, 0.25) is 0 Å². The maximum Gasteiger partial charge on any atom is 0.315 e. The van der Waals surface area contributed by atoms with Crippen molar-refractivity contribution in [2.24, 2.45) is 0 Å². The summed E-state index contributed by atoms with van der Waals surface area (Å²) in [4.78, 5) is 17.4. The molecular weight excluding hydrogens is 426 g/mol. The molecule has 4 fully saturated rings. The number of carbonyl (C=O) groups is 1. The van der Waals surface area contributed by atoms with Gasteiger partial charge in [0.1, 0.15) is 18.4 Å². The van der Waals surface area contributed by atoms with E-state index in [1.807, 2.05) is 0 Å². The van der Waals surface area contributed by atoms with E-state index >= 15 is 0 Å². The van der Waals surface area contributed by atoms with Crippen LogP contribution >= 0.6 is 0 Å². The van der Waals surface area contributed by atoms with Crippen molar-refractivity contribution in [3.05, 3.63) is 0 Å². The van der Waals surface area contributed by atoms with Crippen LogP contribution < -0.4 is 16.0 Å². The fourth-order valence-electron chi connectivity index (χ4n) is 6.14. The quantitative estimate of drug-likeness (QED) is 0.304. The first-order valence-corrected chi connectivity index (χ1v) is 12.9. The second kappa shape index (κ2) is 12.1. The first-order valence-electron chi connectivity index (χ1n) is 12.9. The summed E-state index contributed by atoms with van der Waals surface area (Å²) >= 11 is 0. The fraction of sp³-hybridized carbons (Fsp3) is 0.957. The number of aliphatic hydroxyl groups excluding tert-OH is 2. The van der Waals surface area contributed by atoms with Crippen LogP contribution in [0, 0.1) is 0 Å². The van der Waals surface area contributed by atoms with E-state index in [1.165, 1.54) is 25.8 Å². The van der Waals surface area contributed by atoms with E-state index in [1.54, 1.807) is 7.11 Å². The molecule has 0 aromatic rings. The van der Waals surface area contributed by atoms with Gasteiger partial charge in [-0.2, -0.15) is 0 Å². The summed E-state index contributed by atoms with van der Waals surface area (Å²) in [5.41, 5.74) is 0. The number of amides is 2. The van der Waals surface area contributed by atoms with E-state index < -0.39 is 12.2 Å². The van der Waals surface area contributed by atoms with Gasteiger partial charge in [-0.25, -0.2) is 4.79 Å². The lowest BCUT2D eigenvalue weighted by Crippen LogP contribution is -2.95. The van der Waals surface area contributed by atoms with Crippen LogP contribution in [0.1, 0.15) is 44.9 Å². The predicted octanol–water partition coefficient (Wildman–Crippen LogP) is -1.58. The molecule has 7 unspecified atom stereocenters. The fourth-order valence-corrected chi connectivity index (χ4v) is 6.14. The zero-order chi connectivity index (χ0) is 23.2. The van der Waals surface area contributed by atoms with Gasteiger partial charge < -0.3 is 35.6 Å². The van der Waals surface area contributed by atoms with Gasteiger partial charge in [0.15, 0.2) is 0 Å². The van der Waals surface area contributed by atoms with Gasteiger partial charge in [-0.3, -0.25) is 9.80 Å². The Hall–Kier alpha value is -1.01. The Labute approximate surface area is 197 Å². The molecule has 10 nitrogen and oxygen atoms in total. The molecule has 4 rings (SSSR count). The van der Waals surface area contributed by atoms with Crippen LogP contribution in [0.25, 0.3) is 0 Å². The number of urea groups is 1. The van der Waals surface area contributed by atoms with E-state index in [0.29, 0.717) is 12.7 Å². The highest BCUT2D eigenvalue weighted by atomic mass is 16.5. The minimum absolute atomic E-state index is 0.115. The number of nitrogens with two attached hydrogens (primary N) is 1. The first-order chi connectivity index (χ1) is 16.1. The zero-order valence-electron chi connectivity index (χ0n) is 20.0. The van der Waals surface area contributed by atoms with Gasteiger partial charge >= 0.3 is 6.03 Å². The van der Waals surface area contributed by atoms with E-state index in [2.05, 4.69) is 25.8 Å². The monoisotopic (exact) mass is 470 g/mol. The molecule has 2 amide bonds. The van der Waals surface area contributed by atoms with Crippen LogP contribution in [-0.2, 0) is 9.47 Å². The van der Waals surface area contributed by atoms with E-state index in [-0.39, 0.29) is 36.9 Å². The molecule has 10 heteroatoms. The van der Waals surface area contributed by atoms with Crippen molar-refractivity contribution in [3.63, 3.8) is 0 Å². The second-order valence-electron chi connectivity index (χ2n) is 10.1. The average molecular weight is 471 g/mol. The topological polar surface area (TPSA) is 123 Å². The van der Waals surface area contributed by atoms with Crippen LogP contribution in [0.15, 0.2) is 0 Å². The lowest BCUT2D eigenvalue weighted by Gasteiger charge is -2.42. The molecule has 0 bridgehead atoms. The van der Waals surface area contributed by atoms with Crippen molar-refractivity contribution in [1.29, 1.82) is 0 Å². The van der Waals surface area contributed by atoms with Gasteiger partial charge in [0.25, 0.3) is 0 Å². The molecule has 3 heterocycles. The van der Waals surface area contributed by atoms with E-state index in [4.69, 9.17) is 9.47 Å². The molecule has 6 N–H and O–H groups in total. The summed E-state index contributed by atoms with van der Waals surface area (Å²) in [6, 6.07) is -0.323. The third kappa shape index (κ3) is 6.36. The number of nitrogens with zero attached hydrogens (tertiary/aromatic N) is 2. The molecule has 7 atom stereocenters. The van der Waals surface area contributed by atoms with Crippen molar-refractivity contribution < 1.29 is 29.8 Å². The molecule has 190 valence electrons. The number of quaternary nitrogens is 1. The summed E-state index contributed by atoms with van der Waals surface area (Å²) in [5.74, 6) is 0. The Bertz CT molecular complexity index is 614. The van der Waals surface area contributed by atoms with Crippen molar-refractivity contribution in [3.8, 4) is 0 Å². The number of ether oxygens (including phenoxy) is 2. The predicted molar refractivity (Wildman–Crippen MR) is 123 cm³/mol. The van der Waals surface area contributed by atoms with Crippen LogP contribution in [0.5, 0.6) is 0 Å². The summed E-state index contributed by atoms with van der Waals surface area (Å²) in [6.07, 6.45) is 6.79. The van der Waals surface area contributed by atoms with Gasteiger partial charge in [0.05, 0.1) is 31.4 Å². The number of aliphatic hydroxyl groups is 2.